The van der Waals surface area contributed by atoms with Crippen molar-refractivity contribution in [2.24, 2.45) is 5.92 Å². The van der Waals surface area contributed by atoms with E-state index >= 15 is 0 Å². The van der Waals surface area contributed by atoms with Crippen molar-refractivity contribution >= 4 is 5.91 Å². The lowest BCUT2D eigenvalue weighted by molar-refractivity contribution is -0.116. The van der Waals surface area contributed by atoms with Gasteiger partial charge < -0.3 is 5.32 Å². The summed E-state index contributed by atoms with van der Waals surface area (Å²) in [5.74, 6) is 0.831. The molecule has 2 heteroatoms. The van der Waals surface area contributed by atoms with Gasteiger partial charge >= 0.3 is 0 Å². The highest BCUT2D eigenvalue weighted by Crippen LogP contribution is 2.29. The van der Waals surface area contributed by atoms with Crippen LogP contribution in [-0.4, -0.2) is 11.9 Å². The van der Waals surface area contributed by atoms with Crippen molar-refractivity contribution in [1.29, 1.82) is 0 Å². The Morgan fingerprint density at radius 3 is 2.62 bits per heavy atom. The number of rotatable bonds is 2. The molecule has 0 aromatic carbocycles. The lowest BCUT2D eigenvalue weighted by atomic mass is 10.2. The molecule has 13 heavy (non-hydrogen) atoms. The van der Waals surface area contributed by atoms with Crippen LogP contribution in [0, 0.1) is 5.92 Å². The molecule has 2 rings (SSSR count). The molecule has 2 fully saturated rings. The number of hydrogen-bond donors (Lipinski definition) is 1. The van der Waals surface area contributed by atoms with Gasteiger partial charge in [-0.3, -0.25) is 4.79 Å². The number of carbonyl (C=O) groups excluding carboxylic acids is 1. The fraction of sp³-hybridized carbons (Fsp3) is 0.727. The van der Waals surface area contributed by atoms with Crippen LogP contribution >= 0.6 is 0 Å². The summed E-state index contributed by atoms with van der Waals surface area (Å²) < 4.78 is 0. The van der Waals surface area contributed by atoms with Crippen molar-refractivity contribution in [1.82, 2.24) is 5.32 Å². The zero-order chi connectivity index (χ0) is 9.26. The Labute approximate surface area is 79.4 Å². The highest BCUT2D eigenvalue weighted by Gasteiger charge is 2.33. The number of amides is 1. The first kappa shape index (κ1) is 8.79. The van der Waals surface area contributed by atoms with E-state index in [2.05, 4.69) is 12.2 Å². The summed E-state index contributed by atoms with van der Waals surface area (Å²) >= 11 is 0. The maximum atomic E-state index is 11.4. The third-order valence-electron chi connectivity index (χ3n) is 3.02. The van der Waals surface area contributed by atoms with Gasteiger partial charge in [-0.05, 0) is 38.0 Å². The Balaban J connectivity index is 1.80. The van der Waals surface area contributed by atoms with Crippen LogP contribution in [0.15, 0.2) is 11.6 Å². The second-order valence-corrected chi connectivity index (χ2v) is 4.34. The largest absolute Gasteiger partial charge is 0.350 e. The van der Waals surface area contributed by atoms with Gasteiger partial charge in [0.15, 0.2) is 0 Å². The SMILES string of the molecule is C[C@@H]1C[C@H]1NC(=O)C=C1CCCC1. The molecule has 2 saturated carbocycles. The summed E-state index contributed by atoms with van der Waals surface area (Å²) in [6.45, 7) is 2.17. The fourth-order valence-electron chi connectivity index (χ4n) is 1.91. The molecular weight excluding hydrogens is 162 g/mol. The Bertz CT molecular complexity index is 236. The van der Waals surface area contributed by atoms with Crippen LogP contribution in [0.4, 0.5) is 0 Å². The zero-order valence-corrected chi connectivity index (χ0v) is 8.18. The Hall–Kier alpha value is -0.790. The Kier molecular flexibility index (Phi) is 2.38. The molecule has 72 valence electrons. The Morgan fingerprint density at radius 2 is 2.08 bits per heavy atom. The van der Waals surface area contributed by atoms with Crippen LogP contribution in [0.5, 0.6) is 0 Å². The van der Waals surface area contributed by atoms with Crippen molar-refractivity contribution in [2.75, 3.05) is 0 Å². The second-order valence-electron chi connectivity index (χ2n) is 4.34. The van der Waals surface area contributed by atoms with Crippen LogP contribution in [0.25, 0.3) is 0 Å². The molecule has 2 nitrogen and oxygen atoms in total. The van der Waals surface area contributed by atoms with E-state index in [1.807, 2.05) is 6.08 Å². The quantitative estimate of drug-likeness (QED) is 0.645. The predicted octanol–water partition coefficient (Wildman–Crippen LogP) is 2.01. The van der Waals surface area contributed by atoms with Crippen molar-refractivity contribution < 1.29 is 4.79 Å². The normalized spacial score (nSPS) is 31.6. The molecule has 0 aliphatic heterocycles. The molecule has 0 bridgehead atoms. The van der Waals surface area contributed by atoms with E-state index in [4.69, 9.17) is 0 Å². The standard InChI is InChI=1S/C11H17NO/c1-8-6-10(8)12-11(13)7-9-4-2-3-5-9/h7-8,10H,2-6H2,1H3,(H,12,13)/t8-,10-/m1/s1. The average Bonchev–Trinajstić information content (AvgIpc) is 2.61. The van der Waals surface area contributed by atoms with Crippen LogP contribution in [0.1, 0.15) is 39.0 Å². The lowest BCUT2D eigenvalue weighted by Gasteiger charge is -1.99. The molecule has 2 aliphatic carbocycles. The van der Waals surface area contributed by atoms with Gasteiger partial charge in [0.1, 0.15) is 0 Å². The van der Waals surface area contributed by atoms with E-state index in [-0.39, 0.29) is 5.91 Å². The monoisotopic (exact) mass is 179 g/mol. The molecule has 0 heterocycles. The molecule has 0 spiro atoms. The van der Waals surface area contributed by atoms with Gasteiger partial charge in [-0.25, -0.2) is 0 Å². The molecule has 1 amide bonds. The molecule has 0 unspecified atom stereocenters. The number of carbonyl (C=O) groups is 1. The third-order valence-corrected chi connectivity index (χ3v) is 3.02. The van der Waals surface area contributed by atoms with Crippen molar-refractivity contribution in [3.05, 3.63) is 11.6 Å². The zero-order valence-electron chi connectivity index (χ0n) is 8.18. The minimum Gasteiger partial charge on any atom is -0.350 e. The molecular formula is C11H17NO. The highest BCUT2D eigenvalue weighted by atomic mass is 16.1. The third kappa shape index (κ3) is 2.33. The number of hydrogen-bond acceptors (Lipinski definition) is 1. The van der Waals surface area contributed by atoms with Gasteiger partial charge in [-0.2, -0.15) is 0 Å². The average molecular weight is 179 g/mol. The van der Waals surface area contributed by atoms with Gasteiger partial charge in [0.2, 0.25) is 5.91 Å². The van der Waals surface area contributed by atoms with E-state index in [9.17, 15) is 4.79 Å². The van der Waals surface area contributed by atoms with E-state index in [0.717, 1.165) is 19.3 Å². The van der Waals surface area contributed by atoms with Gasteiger partial charge in [0.25, 0.3) is 0 Å². The van der Waals surface area contributed by atoms with E-state index in [1.165, 1.54) is 18.4 Å². The summed E-state index contributed by atoms with van der Waals surface area (Å²) in [6.07, 6.45) is 7.77. The smallest absolute Gasteiger partial charge is 0.244 e. The Morgan fingerprint density at radius 1 is 1.46 bits per heavy atom. The van der Waals surface area contributed by atoms with E-state index in [1.54, 1.807) is 0 Å². The van der Waals surface area contributed by atoms with Crippen LogP contribution in [-0.2, 0) is 4.79 Å². The summed E-state index contributed by atoms with van der Waals surface area (Å²) in [6, 6.07) is 0.464. The van der Waals surface area contributed by atoms with Crippen LogP contribution in [0.3, 0.4) is 0 Å². The van der Waals surface area contributed by atoms with Crippen molar-refractivity contribution in [3.63, 3.8) is 0 Å². The van der Waals surface area contributed by atoms with E-state index in [0.29, 0.717) is 12.0 Å². The second kappa shape index (κ2) is 3.52. The number of nitrogens with one attached hydrogen (secondary N) is 1. The minimum atomic E-state index is 0.131. The predicted molar refractivity (Wildman–Crippen MR) is 52.3 cm³/mol. The fourth-order valence-corrected chi connectivity index (χ4v) is 1.91. The highest BCUT2D eigenvalue weighted by molar-refractivity contribution is 5.88. The molecule has 0 radical (unpaired) electrons. The summed E-state index contributed by atoms with van der Waals surface area (Å²) in [7, 11) is 0. The van der Waals surface area contributed by atoms with Gasteiger partial charge in [-0.1, -0.05) is 12.5 Å². The van der Waals surface area contributed by atoms with Gasteiger partial charge in [-0.15, -0.1) is 0 Å². The van der Waals surface area contributed by atoms with Gasteiger partial charge in [0, 0.05) is 12.1 Å². The lowest BCUT2D eigenvalue weighted by Crippen LogP contribution is -2.24. The summed E-state index contributed by atoms with van der Waals surface area (Å²) in [5.41, 5.74) is 1.34. The molecule has 2 atom stereocenters. The van der Waals surface area contributed by atoms with E-state index < -0.39 is 0 Å². The molecule has 0 aromatic heterocycles. The topological polar surface area (TPSA) is 29.1 Å². The van der Waals surface area contributed by atoms with Crippen LogP contribution in [0.2, 0.25) is 0 Å². The van der Waals surface area contributed by atoms with Crippen LogP contribution < -0.4 is 5.32 Å². The number of allylic oxidation sites excluding steroid dienone is 1. The molecule has 0 aromatic rings. The first-order chi connectivity index (χ1) is 6.25. The summed E-state index contributed by atoms with van der Waals surface area (Å²) in [5, 5.41) is 3.02. The molecule has 1 N–H and O–H groups in total. The van der Waals surface area contributed by atoms with Crippen molar-refractivity contribution in [3.8, 4) is 0 Å². The first-order valence-corrected chi connectivity index (χ1v) is 5.25. The molecule has 0 saturated heterocycles. The van der Waals surface area contributed by atoms with Crippen molar-refractivity contribution in [2.45, 2.75) is 45.1 Å². The molecule has 2 aliphatic rings. The summed E-state index contributed by atoms with van der Waals surface area (Å²) in [4.78, 5) is 11.4. The van der Waals surface area contributed by atoms with Gasteiger partial charge in [0.05, 0.1) is 0 Å². The minimum absolute atomic E-state index is 0.131. The maximum absolute atomic E-state index is 11.4. The first-order valence-electron chi connectivity index (χ1n) is 5.25. The maximum Gasteiger partial charge on any atom is 0.244 e.